The smallest absolute Gasteiger partial charge is 0.406 e. The number of hydrogen-bond donors (Lipinski definition) is 13. The summed E-state index contributed by atoms with van der Waals surface area (Å²) in [7, 11) is 1.83. The van der Waals surface area contributed by atoms with Crippen molar-refractivity contribution in [2.75, 3.05) is 79.0 Å². The van der Waals surface area contributed by atoms with Crippen molar-refractivity contribution in [3.63, 3.8) is 0 Å². The molecule has 5 aromatic carbocycles. The van der Waals surface area contributed by atoms with Crippen LogP contribution >= 0.6 is 58.0 Å². The van der Waals surface area contributed by atoms with Gasteiger partial charge in [-0.1, -0.05) is 64.1 Å². The van der Waals surface area contributed by atoms with E-state index in [2.05, 4.69) is 87.7 Å². The van der Waals surface area contributed by atoms with Crippen LogP contribution in [-0.4, -0.2) is 212 Å². The Balaban J connectivity index is 0.000000240. The minimum atomic E-state index is -4.80. The average molecular weight is 2080 g/mol. The molecule has 6 aliphatic rings. The number of carbonyl (C=O) groups excluding carboxylic acids is 10. The molecule has 0 bridgehead atoms. The zero-order valence-corrected chi connectivity index (χ0v) is 88.2. The number of alkyl halides is 3. The van der Waals surface area contributed by atoms with E-state index < -0.39 is 35.5 Å². The highest BCUT2D eigenvalue weighted by Crippen LogP contribution is 2.33. The van der Waals surface area contributed by atoms with E-state index in [1.54, 1.807) is 23.1 Å². The number of carbonyl (C=O) groups is 10. The third-order valence-corrected chi connectivity index (χ3v) is 26.8. The highest BCUT2D eigenvalue weighted by Gasteiger charge is 2.37. The van der Waals surface area contributed by atoms with Crippen molar-refractivity contribution in [2.45, 2.75) is 302 Å². The molecule has 0 unspecified atom stereocenters. The Morgan fingerprint density at radius 1 is 0.369 bits per heavy atom. The first-order chi connectivity index (χ1) is 66.0. The van der Waals surface area contributed by atoms with Crippen molar-refractivity contribution in [3.05, 3.63) is 167 Å². The van der Waals surface area contributed by atoms with E-state index in [-0.39, 0.29) is 131 Å². The number of nitrogens with one attached hydrogen (secondary N) is 13. The Hall–Kier alpha value is -8.57. The lowest BCUT2D eigenvalue weighted by Crippen LogP contribution is -2.48. The first kappa shape index (κ1) is 119. The summed E-state index contributed by atoms with van der Waals surface area (Å²) in [5.74, 6) is -1.27. The molecule has 1 saturated heterocycles. The summed E-state index contributed by atoms with van der Waals surface area (Å²) in [6.07, 6.45) is 16.8. The number of likely N-dealkylation sites (N-methyl/N-ethyl adjacent to an activating group) is 1. The van der Waals surface area contributed by atoms with E-state index in [1.165, 1.54) is 66.7 Å². The number of hydrogen-bond acceptors (Lipinski definition) is 16. The molecular formula is C104H150Cl5F6N15O11. The zero-order valence-electron chi connectivity index (χ0n) is 84.4. The monoisotopic (exact) mass is 2070 g/mol. The molecule has 10 amide bonds. The first-order valence-corrected chi connectivity index (χ1v) is 51.1. The van der Waals surface area contributed by atoms with Gasteiger partial charge in [0.2, 0.25) is 29.5 Å². The Labute approximate surface area is 854 Å². The maximum absolute atomic E-state index is 13.4. The van der Waals surface area contributed by atoms with Crippen molar-refractivity contribution in [1.29, 1.82) is 0 Å². The number of amides is 10. The standard InChI is InChI=1S/C22H31ClFN3O2.C21H31ClFN3O2.C21H30F3N3O3.C20H29Cl2N3O2.C20H29ClFN3O2/c1-22(2)8-3-9-27(22)20(28)14-25-19-6-4-15(5-7-19)13-26-21(29)16-10-17(23)12-18(24)11-16;1-21(2,3)26(4)19(27)13-24-18-7-5-14(6-8-18)12-25-20(28)15-9-16(22)11-17(23)10-15;1-20(2,3)27-18(28)13-25-16-9-7-14(8-10-16)12-26-19(29)15-5-4-6-17(11-15)30-21(22,23)24;2*1-20(2,3)25-18(26)12-23-17-6-4-13(5-7-17)11-24-19(27)14-8-15(21)10-16(22)9-14/h10-12,15,19,25H,3-9,13-14H2,1-2H3,(H,26,29);9-11,14,18,24H,5-8,12-13H2,1-4H3,(H,25,28);4-6,11,14,16,25H,7-10,12-13H2,1-3H3,(H,26,29)(H,27,28);2*8-10,13,17,23H,4-7,11-12H2,1-3H3,(H,24,27)(H,25,26). The SMILES string of the molecule is CC(C)(C)NC(=O)CNC1CCC(CNC(=O)c2cc(Cl)cc(Cl)c2)CC1.CC(C)(C)NC(=O)CNC1CCC(CNC(=O)c2cc(F)cc(Cl)c2)CC1.CC(C)(C)NC(=O)CNC1CCC(CNC(=O)c2cccc(OC(F)(F)F)c2)CC1.CC1(C)CCCN1C(=O)CNC1CCC(CNC(=O)c2cc(F)cc(Cl)c2)CC1.CN(C(=O)CNC1CCC(CNC(=O)c2cc(F)cc(Cl)c2)CC1)C(C)(C)C. The van der Waals surface area contributed by atoms with Crippen molar-refractivity contribution < 1.29 is 79.0 Å². The molecule has 0 atom stereocenters. The maximum atomic E-state index is 13.4. The van der Waals surface area contributed by atoms with E-state index >= 15 is 0 Å². The predicted octanol–water partition coefficient (Wildman–Crippen LogP) is 17.8. The van der Waals surface area contributed by atoms with Crippen molar-refractivity contribution in [1.82, 2.24) is 78.9 Å². The summed E-state index contributed by atoms with van der Waals surface area (Å²) in [4.78, 5) is 125. The van der Waals surface area contributed by atoms with Crippen LogP contribution in [0.4, 0.5) is 26.3 Å². The Morgan fingerprint density at radius 3 is 0.901 bits per heavy atom. The minimum Gasteiger partial charge on any atom is -0.406 e. The number of halogens is 11. The van der Waals surface area contributed by atoms with E-state index in [9.17, 15) is 74.3 Å². The van der Waals surface area contributed by atoms with Gasteiger partial charge in [-0.3, -0.25) is 47.9 Å². The summed E-state index contributed by atoms with van der Waals surface area (Å²) in [5.41, 5.74) is 0.427. The molecule has 0 spiro atoms. The third kappa shape index (κ3) is 47.0. The maximum Gasteiger partial charge on any atom is 0.573 e. The molecule has 1 aliphatic heterocycles. The summed E-state index contributed by atoms with van der Waals surface area (Å²) in [5, 5.41) is 41.5. The second-order valence-corrected chi connectivity index (χ2v) is 44.9. The van der Waals surface area contributed by atoms with Crippen LogP contribution in [0.3, 0.4) is 0 Å². The van der Waals surface area contributed by atoms with Gasteiger partial charge in [-0.05, 0) is 359 Å². The molecule has 11 rings (SSSR count). The van der Waals surface area contributed by atoms with Crippen LogP contribution in [0.25, 0.3) is 0 Å². The largest absolute Gasteiger partial charge is 0.573 e. The molecule has 13 N–H and O–H groups in total. The molecule has 6 fully saturated rings. The van der Waals surface area contributed by atoms with Gasteiger partial charge in [0.15, 0.2) is 0 Å². The van der Waals surface area contributed by atoms with Gasteiger partial charge in [0.05, 0.1) is 32.7 Å². The first-order valence-electron chi connectivity index (χ1n) is 49.2. The van der Waals surface area contributed by atoms with Crippen LogP contribution in [0.5, 0.6) is 5.75 Å². The van der Waals surface area contributed by atoms with Crippen LogP contribution < -0.4 is 73.9 Å². The molecule has 0 radical (unpaired) electrons. The average Bonchev–Trinajstić information content (AvgIpc) is 1.58. The molecule has 784 valence electrons. The molecule has 5 aliphatic carbocycles. The molecule has 37 heteroatoms. The van der Waals surface area contributed by atoms with E-state index in [0.29, 0.717) is 128 Å². The summed E-state index contributed by atoms with van der Waals surface area (Å²) < 4.78 is 80.9. The zero-order chi connectivity index (χ0) is 104. The van der Waals surface area contributed by atoms with Gasteiger partial charge in [-0.25, -0.2) is 13.2 Å². The number of rotatable bonds is 31. The fourth-order valence-corrected chi connectivity index (χ4v) is 19.0. The number of likely N-dealkylation sites (tertiary alicyclic amines) is 1. The van der Waals surface area contributed by atoms with Gasteiger partial charge in [0.25, 0.3) is 29.5 Å². The van der Waals surface area contributed by atoms with Gasteiger partial charge < -0.3 is 83.7 Å². The Kier molecular flexibility index (Phi) is 48.1. The number of nitrogens with zero attached hydrogens (tertiary/aromatic N) is 2. The number of ether oxygens (including phenoxy) is 1. The van der Waals surface area contributed by atoms with Gasteiger partial charge >= 0.3 is 6.36 Å². The molecule has 1 heterocycles. The fraction of sp³-hybridized carbons (Fsp3) is 0.615. The molecule has 141 heavy (non-hydrogen) atoms. The number of benzene rings is 5. The second kappa shape index (κ2) is 56.8. The molecule has 5 saturated carbocycles. The topological polar surface area (TPSA) is 343 Å². The van der Waals surface area contributed by atoms with Crippen LogP contribution in [0.15, 0.2) is 97.1 Å². The van der Waals surface area contributed by atoms with Crippen LogP contribution in [0.2, 0.25) is 25.1 Å². The van der Waals surface area contributed by atoms with Gasteiger partial charge in [-0.2, -0.15) is 0 Å². The van der Waals surface area contributed by atoms with Crippen molar-refractivity contribution in [3.8, 4) is 5.75 Å². The fourth-order valence-electron chi connectivity index (χ4n) is 17.8. The van der Waals surface area contributed by atoms with Crippen LogP contribution in [0.1, 0.15) is 290 Å². The van der Waals surface area contributed by atoms with Crippen LogP contribution in [-0.2, 0) is 24.0 Å². The highest BCUT2D eigenvalue weighted by molar-refractivity contribution is 6.35. The highest BCUT2D eigenvalue weighted by atomic mass is 35.5. The molecular weight excluding hydrogens is 1930 g/mol. The van der Waals surface area contributed by atoms with E-state index in [4.69, 9.17) is 58.0 Å². The van der Waals surface area contributed by atoms with Gasteiger partial charge in [0, 0.05) is 157 Å². The minimum absolute atomic E-state index is 0.00522. The normalized spacial score (nSPS) is 20.8. The Bertz CT molecular complexity index is 4700. The summed E-state index contributed by atoms with van der Waals surface area (Å²) >= 11 is 29.3. The summed E-state index contributed by atoms with van der Waals surface area (Å²) in [6, 6.07) is 23.0. The molecule has 26 nitrogen and oxygen atoms in total. The lowest BCUT2D eigenvalue weighted by atomic mass is 9.86. The molecule has 5 aromatic rings. The lowest BCUT2D eigenvalue weighted by molar-refractivity contribution is -0.274. The Morgan fingerprint density at radius 2 is 0.638 bits per heavy atom. The van der Waals surface area contributed by atoms with Gasteiger partial charge in [0.1, 0.15) is 23.2 Å². The van der Waals surface area contributed by atoms with E-state index in [1.807, 2.05) is 95.0 Å². The van der Waals surface area contributed by atoms with Gasteiger partial charge in [-0.15, -0.1) is 13.2 Å². The lowest BCUT2D eigenvalue weighted by Gasteiger charge is -2.33. The summed E-state index contributed by atoms with van der Waals surface area (Å²) in [6.45, 7) is 33.3. The van der Waals surface area contributed by atoms with Crippen molar-refractivity contribution >= 4 is 117 Å². The quantitative estimate of drug-likeness (QED) is 0.0183. The predicted molar refractivity (Wildman–Crippen MR) is 545 cm³/mol. The second-order valence-electron chi connectivity index (χ2n) is 42.7. The van der Waals surface area contributed by atoms with Crippen molar-refractivity contribution in [2.24, 2.45) is 29.6 Å². The third-order valence-electron chi connectivity index (χ3n) is 25.7. The van der Waals surface area contributed by atoms with E-state index in [0.717, 1.165) is 160 Å². The molecule has 0 aromatic heterocycles. The van der Waals surface area contributed by atoms with Crippen LogP contribution in [0, 0.1) is 47.0 Å².